The molecular formula is C13H9F5O2. The van der Waals surface area contributed by atoms with Crippen molar-refractivity contribution in [3.05, 3.63) is 35.1 Å². The summed E-state index contributed by atoms with van der Waals surface area (Å²) in [7, 11) is 0. The molecule has 108 valence electrons. The lowest BCUT2D eigenvalue weighted by atomic mass is 9.98. The Kier molecular flexibility index (Phi) is 2.28. The summed E-state index contributed by atoms with van der Waals surface area (Å²) in [6.07, 6.45) is -5.64. The van der Waals surface area contributed by atoms with Crippen LogP contribution in [0.3, 0.4) is 0 Å². The second-order valence-electron chi connectivity index (χ2n) is 5.16. The molecule has 2 heterocycles. The van der Waals surface area contributed by atoms with Gasteiger partial charge < -0.3 is 9.47 Å². The minimum absolute atomic E-state index is 0.126. The van der Waals surface area contributed by atoms with Gasteiger partial charge >= 0.3 is 12.1 Å². The highest BCUT2D eigenvalue weighted by atomic mass is 19.4. The molecule has 0 N–H and O–H groups in total. The highest BCUT2D eigenvalue weighted by molar-refractivity contribution is 5.79. The molecule has 0 fully saturated rings. The van der Waals surface area contributed by atoms with Crippen molar-refractivity contribution in [2.24, 2.45) is 0 Å². The fraction of sp³-hybridized carbons (Fsp3) is 0.385. The van der Waals surface area contributed by atoms with Crippen LogP contribution in [0.1, 0.15) is 25.0 Å². The molecule has 0 saturated heterocycles. The number of alkyl halides is 5. The molecule has 0 radical (unpaired) electrons. The average molecular weight is 292 g/mol. The van der Waals surface area contributed by atoms with Gasteiger partial charge in [-0.3, -0.25) is 0 Å². The summed E-state index contributed by atoms with van der Waals surface area (Å²) in [6, 6.07) is 2.59. The van der Waals surface area contributed by atoms with E-state index >= 15 is 0 Å². The van der Waals surface area contributed by atoms with Crippen molar-refractivity contribution in [2.45, 2.75) is 31.5 Å². The van der Waals surface area contributed by atoms with Gasteiger partial charge in [0.15, 0.2) is 17.1 Å². The van der Waals surface area contributed by atoms with Gasteiger partial charge in [0.2, 0.25) is 0 Å². The Balaban J connectivity index is 2.07. The number of hydrogen-bond acceptors (Lipinski definition) is 2. The SMILES string of the molecule is CC1(C)Oc2ccc(C(F)(F)C(F)(F)F)cc2C2=C1O2. The highest BCUT2D eigenvalue weighted by Crippen LogP contribution is 2.53. The van der Waals surface area contributed by atoms with Gasteiger partial charge in [0, 0.05) is 5.56 Å². The Morgan fingerprint density at radius 2 is 1.70 bits per heavy atom. The van der Waals surface area contributed by atoms with Crippen molar-refractivity contribution >= 4 is 5.76 Å². The topological polar surface area (TPSA) is 21.8 Å². The maximum atomic E-state index is 13.3. The molecular weight excluding hydrogens is 283 g/mol. The maximum absolute atomic E-state index is 13.3. The lowest BCUT2D eigenvalue weighted by Gasteiger charge is -2.25. The first-order valence-electron chi connectivity index (χ1n) is 5.75. The zero-order chi connectivity index (χ0) is 14.9. The molecule has 0 bridgehead atoms. The van der Waals surface area contributed by atoms with Gasteiger partial charge in [0.25, 0.3) is 0 Å². The number of fused-ring (bicyclic) bond motifs is 2. The van der Waals surface area contributed by atoms with Gasteiger partial charge in [0.1, 0.15) is 5.75 Å². The van der Waals surface area contributed by atoms with Crippen LogP contribution in [0.5, 0.6) is 5.75 Å². The molecule has 2 aliphatic heterocycles. The third kappa shape index (κ3) is 1.68. The van der Waals surface area contributed by atoms with E-state index in [1.54, 1.807) is 13.8 Å². The van der Waals surface area contributed by atoms with E-state index in [1.807, 2.05) is 0 Å². The van der Waals surface area contributed by atoms with Crippen molar-refractivity contribution in [1.82, 2.24) is 0 Å². The van der Waals surface area contributed by atoms with E-state index in [1.165, 1.54) is 0 Å². The summed E-state index contributed by atoms with van der Waals surface area (Å²) in [5, 5.41) is 0. The predicted molar refractivity (Wildman–Crippen MR) is 59.1 cm³/mol. The Hall–Kier alpha value is -1.79. The number of ether oxygens (including phenoxy) is 2. The first-order valence-corrected chi connectivity index (χ1v) is 5.75. The second-order valence-corrected chi connectivity index (χ2v) is 5.16. The highest BCUT2D eigenvalue weighted by Gasteiger charge is 2.59. The molecule has 2 aliphatic rings. The van der Waals surface area contributed by atoms with Crippen molar-refractivity contribution in [2.75, 3.05) is 0 Å². The number of rotatable bonds is 1. The van der Waals surface area contributed by atoms with Gasteiger partial charge in [-0.2, -0.15) is 22.0 Å². The maximum Gasteiger partial charge on any atom is 0.458 e. The van der Waals surface area contributed by atoms with E-state index in [-0.39, 0.29) is 11.3 Å². The van der Waals surface area contributed by atoms with Crippen LogP contribution in [0, 0.1) is 0 Å². The van der Waals surface area contributed by atoms with Crippen molar-refractivity contribution in [1.29, 1.82) is 0 Å². The largest absolute Gasteiger partial charge is 0.479 e. The van der Waals surface area contributed by atoms with Gasteiger partial charge in [-0.1, -0.05) is 0 Å². The van der Waals surface area contributed by atoms with Gasteiger partial charge in [-0.25, -0.2) is 0 Å². The Bertz CT molecular complexity index is 628. The molecule has 2 nitrogen and oxygen atoms in total. The minimum atomic E-state index is -5.64. The summed E-state index contributed by atoms with van der Waals surface area (Å²) in [6.45, 7) is 3.44. The molecule has 0 atom stereocenters. The Labute approximate surface area is 110 Å². The summed E-state index contributed by atoms with van der Waals surface area (Å²) in [5.41, 5.74) is -1.74. The van der Waals surface area contributed by atoms with Crippen LogP contribution in [-0.2, 0) is 10.7 Å². The van der Waals surface area contributed by atoms with Gasteiger partial charge in [0.05, 0.1) is 5.56 Å². The summed E-state index contributed by atoms with van der Waals surface area (Å²) >= 11 is 0. The van der Waals surface area contributed by atoms with E-state index in [2.05, 4.69) is 0 Å². The Morgan fingerprint density at radius 1 is 1.05 bits per heavy atom. The molecule has 3 rings (SSSR count). The van der Waals surface area contributed by atoms with E-state index in [4.69, 9.17) is 9.47 Å². The van der Waals surface area contributed by atoms with E-state index < -0.39 is 23.3 Å². The molecule has 0 saturated carbocycles. The Morgan fingerprint density at radius 3 is 2.30 bits per heavy atom. The predicted octanol–water partition coefficient (Wildman–Crippen LogP) is 4.21. The number of hydrogen-bond donors (Lipinski definition) is 0. The lowest BCUT2D eigenvalue weighted by Crippen LogP contribution is -2.34. The van der Waals surface area contributed by atoms with Crippen LogP contribution in [0.2, 0.25) is 0 Å². The van der Waals surface area contributed by atoms with E-state index in [0.717, 1.165) is 18.2 Å². The van der Waals surface area contributed by atoms with E-state index in [0.29, 0.717) is 11.5 Å². The van der Waals surface area contributed by atoms with Crippen LogP contribution < -0.4 is 4.74 Å². The lowest BCUT2D eigenvalue weighted by molar-refractivity contribution is -0.289. The van der Waals surface area contributed by atoms with Gasteiger partial charge in [-0.15, -0.1) is 0 Å². The average Bonchev–Trinajstić information content (AvgIpc) is 3.07. The zero-order valence-corrected chi connectivity index (χ0v) is 10.4. The van der Waals surface area contributed by atoms with E-state index in [9.17, 15) is 22.0 Å². The normalized spacial score (nSPS) is 19.8. The molecule has 1 aromatic rings. The molecule has 0 aromatic heterocycles. The molecule has 1 aromatic carbocycles. The molecule has 0 spiro atoms. The summed E-state index contributed by atoms with van der Waals surface area (Å²) < 4.78 is 74.4. The first kappa shape index (κ1) is 13.2. The number of benzene rings is 1. The first-order chi connectivity index (χ1) is 9.04. The fourth-order valence-corrected chi connectivity index (χ4v) is 2.13. The summed E-state index contributed by atoms with van der Waals surface area (Å²) in [5.74, 6) is -3.91. The molecule has 20 heavy (non-hydrogen) atoms. The quantitative estimate of drug-likeness (QED) is 0.723. The van der Waals surface area contributed by atoms with Crippen LogP contribution in [0.15, 0.2) is 24.0 Å². The molecule has 7 heteroatoms. The monoisotopic (exact) mass is 292 g/mol. The standard InChI is InChI=1S/C13H9F5O2/c1-11(2)10-9(19-10)7-5-6(3-4-8(7)20-11)12(14,15)13(16,17)18/h3-5H,1-2H3. The fourth-order valence-electron chi connectivity index (χ4n) is 2.13. The molecule has 0 aliphatic carbocycles. The summed E-state index contributed by atoms with van der Waals surface area (Å²) in [4.78, 5) is 0. The van der Waals surface area contributed by atoms with Crippen molar-refractivity contribution < 1.29 is 31.4 Å². The minimum Gasteiger partial charge on any atom is -0.479 e. The zero-order valence-electron chi connectivity index (χ0n) is 10.4. The molecule has 0 unspecified atom stereocenters. The van der Waals surface area contributed by atoms with Crippen LogP contribution in [0.4, 0.5) is 22.0 Å². The smallest absolute Gasteiger partial charge is 0.458 e. The molecule has 0 amide bonds. The van der Waals surface area contributed by atoms with Crippen LogP contribution >= 0.6 is 0 Å². The van der Waals surface area contributed by atoms with Crippen LogP contribution in [-0.4, -0.2) is 11.8 Å². The third-order valence-electron chi connectivity index (χ3n) is 3.22. The van der Waals surface area contributed by atoms with Crippen LogP contribution in [0.25, 0.3) is 5.76 Å². The third-order valence-corrected chi connectivity index (χ3v) is 3.22. The van der Waals surface area contributed by atoms with Crippen molar-refractivity contribution in [3.63, 3.8) is 0 Å². The van der Waals surface area contributed by atoms with Gasteiger partial charge in [-0.05, 0) is 32.0 Å². The second kappa shape index (κ2) is 3.45. The van der Waals surface area contributed by atoms with Crippen molar-refractivity contribution in [3.8, 4) is 5.75 Å². The number of halogens is 5.